The summed E-state index contributed by atoms with van der Waals surface area (Å²) in [6, 6.07) is 13.3. The monoisotopic (exact) mass is 353 g/mol. The number of halogens is 3. The molecule has 0 fully saturated rings. The van der Waals surface area contributed by atoms with E-state index in [1.165, 1.54) is 17.2 Å². The third-order valence-electron chi connectivity index (χ3n) is 3.69. The standard InChI is InChI=1S/C16H14BrClFN/c17-12-5-6-15(19)11(7-12)9-20-16-13-4-2-1-3-10(13)8-14(16)18/h1-7,14,16,20H,8-9H2. The van der Waals surface area contributed by atoms with Crippen molar-refractivity contribution in [3.05, 3.63) is 69.4 Å². The molecule has 4 heteroatoms. The summed E-state index contributed by atoms with van der Waals surface area (Å²) < 4.78 is 14.6. The van der Waals surface area contributed by atoms with Crippen molar-refractivity contribution in [2.45, 2.75) is 24.4 Å². The molecule has 1 aliphatic carbocycles. The van der Waals surface area contributed by atoms with Crippen LogP contribution < -0.4 is 5.32 Å². The van der Waals surface area contributed by atoms with Crippen LogP contribution in [0.3, 0.4) is 0 Å². The Bertz CT molecular complexity index is 632. The van der Waals surface area contributed by atoms with Gasteiger partial charge in [0, 0.05) is 22.6 Å². The van der Waals surface area contributed by atoms with Gasteiger partial charge in [0.15, 0.2) is 0 Å². The van der Waals surface area contributed by atoms with Gasteiger partial charge in [-0.15, -0.1) is 11.6 Å². The van der Waals surface area contributed by atoms with Crippen molar-refractivity contribution in [3.8, 4) is 0 Å². The van der Waals surface area contributed by atoms with Crippen LogP contribution in [0.2, 0.25) is 0 Å². The van der Waals surface area contributed by atoms with Crippen LogP contribution in [0.4, 0.5) is 4.39 Å². The maximum Gasteiger partial charge on any atom is 0.127 e. The van der Waals surface area contributed by atoms with Gasteiger partial charge in [0.2, 0.25) is 0 Å². The Hall–Kier alpha value is -0.900. The van der Waals surface area contributed by atoms with Gasteiger partial charge in [0.05, 0.1) is 5.38 Å². The Morgan fingerprint density at radius 1 is 1.25 bits per heavy atom. The van der Waals surface area contributed by atoms with Crippen LogP contribution >= 0.6 is 27.5 Å². The number of benzene rings is 2. The van der Waals surface area contributed by atoms with Gasteiger partial charge in [-0.2, -0.15) is 0 Å². The molecule has 1 N–H and O–H groups in total. The predicted octanol–water partition coefficient (Wildman–Crippen LogP) is 4.58. The minimum atomic E-state index is -0.196. The largest absolute Gasteiger partial charge is 0.304 e. The highest BCUT2D eigenvalue weighted by Gasteiger charge is 2.30. The highest BCUT2D eigenvalue weighted by molar-refractivity contribution is 9.10. The molecule has 0 amide bonds. The summed E-state index contributed by atoms with van der Waals surface area (Å²) in [4.78, 5) is 0. The second kappa shape index (κ2) is 5.84. The van der Waals surface area contributed by atoms with E-state index in [1.807, 2.05) is 12.1 Å². The van der Waals surface area contributed by atoms with E-state index in [-0.39, 0.29) is 17.2 Å². The number of alkyl halides is 1. The third kappa shape index (κ3) is 2.76. The number of nitrogens with one attached hydrogen (secondary N) is 1. The normalized spacial score (nSPS) is 20.9. The number of hydrogen-bond acceptors (Lipinski definition) is 1. The summed E-state index contributed by atoms with van der Waals surface area (Å²) >= 11 is 9.78. The van der Waals surface area contributed by atoms with Crippen molar-refractivity contribution in [1.29, 1.82) is 0 Å². The lowest BCUT2D eigenvalue weighted by Crippen LogP contribution is -2.25. The Kier molecular flexibility index (Phi) is 4.11. The molecule has 0 heterocycles. The third-order valence-corrected chi connectivity index (χ3v) is 4.59. The summed E-state index contributed by atoms with van der Waals surface area (Å²) in [5, 5.41) is 3.40. The van der Waals surface area contributed by atoms with Gasteiger partial charge >= 0.3 is 0 Å². The minimum Gasteiger partial charge on any atom is -0.304 e. The van der Waals surface area contributed by atoms with E-state index in [0.29, 0.717) is 12.1 Å². The Morgan fingerprint density at radius 3 is 2.90 bits per heavy atom. The zero-order valence-electron chi connectivity index (χ0n) is 10.7. The molecular weight excluding hydrogens is 341 g/mol. The second-order valence-corrected chi connectivity index (χ2v) is 6.49. The summed E-state index contributed by atoms with van der Waals surface area (Å²) in [7, 11) is 0. The maximum absolute atomic E-state index is 13.7. The molecule has 1 aliphatic rings. The second-order valence-electron chi connectivity index (χ2n) is 5.01. The Morgan fingerprint density at radius 2 is 2.05 bits per heavy atom. The van der Waals surface area contributed by atoms with Gasteiger partial charge < -0.3 is 5.32 Å². The average Bonchev–Trinajstić information content (AvgIpc) is 2.75. The van der Waals surface area contributed by atoms with E-state index in [4.69, 9.17) is 11.6 Å². The molecule has 0 radical (unpaired) electrons. The van der Waals surface area contributed by atoms with Crippen LogP contribution in [0.15, 0.2) is 46.9 Å². The van der Waals surface area contributed by atoms with Gasteiger partial charge in [-0.05, 0) is 35.7 Å². The number of fused-ring (bicyclic) bond motifs is 1. The van der Waals surface area contributed by atoms with E-state index in [1.54, 1.807) is 12.1 Å². The van der Waals surface area contributed by atoms with Crippen molar-refractivity contribution in [2.24, 2.45) is 0 Å². The molecule has 104 valence electrons. The fraction of sp³-hybridized carbons (Fsp3) is 0.250. The van der Waals surface area contributed by atoms with Crippen LogP contribution in [-0.4, -0.2) is 5.38 Å². The van der Waals surface area contributed by atoms with Gasteiger partial charge in [-0.1, -0.05) is 40.2 Å². The summed E-state index contributed by atoms with van der Waals surface area (Å²) in [5.74, 6) is -0.196. The van der Waals surface area contributed by atoms with Crippen molar-refractivity contribution >= 4 is 27.5 Å². The molecule has 3 rings (SSSR count). The molecule has 0 aromatic heterocycles. The molecule has 2 aromatic carbocycles. The van der Waals surface area contributed by atoms with Crippen LogP contribution in [-0.2, 0) is 13.0 Å². The fourth-order valence-electron chi connectivity index (χ4n) is 2.68. The highest BCUT2D eigenvalue weighted by Crippen LogP contribution is 2.35. The average molecular weight is 355 g/mol. The lowest BCUT2D eigenvalue weighted by atomic mass is 10.1. The van der Waals surface area contributed by atoms with E-state index < -0.39 is 0 Å². The van der Waals surface area contributed by atoms with Gasteiger partial charge in [0.25, 0.3) is 0 Å². The first-order valence-corrected chi connectivity index (χ1v) is 7.77. The molecule has 0 saturated carbocycles. The first-order valence-electron chi connectivity index (χ1n) is 6.54. The van der Waals surface area contributed by atoms with E-state index in [2.05, 4.69) is 33.4 Å². The Balaban J connectivity index is 1.77. The Labute approximate surface area is 131 Å². The quantitative estimate of drug-likeness (QED) is 0.795. The minimum absolute atomic E-state index is 0.0163. The summed E-state index contributed by atoms with van der Waals surface area (Å²) in [6.07, 6.45) is 0.858. The smallest absolute Gasteiger partial charge is 0.127 e. The van der Waals surface area contributed by atoms with E-state index in [9.17, 15) is 4.39 Å². The molecule has 20 heavy (non-hydrogen) atoms. The molecule has 0 spiro atoms. The topological polar surface area (TPSA) is 12.0 Å². The van der Waals surface area contributed by atoms with E-state index >= 15 is 0 Å². The van der Waals surface area contributed by atoms with Crippen LogP contribution in [0.5, 0.6) is 0 Å². The molecule has 0 saturated heterocycles. The lowest BCUT2D eigenvalue weighted by molar-refractivity contribution is 0.517. The van der Waals surface area contributed by atoms with Crippen molar-refractivity contribution in [1.82, 2.24) is 5.32 Å². The number of hydrogen-bond donors (Lipinski definition) is 1. The lowest BCUT2D eigenvalue weighted by Gasteiger charge is -2.18. The first-order chi connectivity index (χ1) is 9.65. The van der Waals surface area contributed by atoms with Gasteiger partial charge in [-0.3, -0.25) is 0 Å². The molecule has 1 nitrogen and oxygen atoms in total. The molecule has 2 unspecified atom stereocenters. The first kappa shape index (κ1) is 14.1. The van der Waals surface area contributed by atoms with Gasteiger partial charge in [-0.25, -0.2) is 4.39 Å². The maximum atomic E-state index is 13.7. The van der Waals surface area contributed by atoms with Crippen LogP contribution in [0, 0.1) is 5.82 Å². The van der Waals surface area contributed by atoms with Crippen LogP contribution in [0.25, 0.3) is 0 Å². The summed E-state index contributed by atoms with van der Waals surface area (Å²) in [5.41, 5.74) is 3.15. The fourth-order valence-corrected chi connectivity index (χ4v) is 3.48. The van der Waals surface area contributed by atoms with Crippen LogP contribution in [0.1, 0.15) is 22.7 Å². The molecule has 2 aromatic rings. The predicted molar refractivity (Wildman–Crippen MR) is 83.5 cm³/mol. The SMILES string of the molecule is Fc1ccc(Br)cc1CNC1c2ccccc2CC1Cl. The molecule has 0 bridgehead atoms. The molecular formula is C16H14BrClFN. The van der Waals surface area contributed by atoms with Crippen molar-refractivity contribution in [3.63, 3.8) is 0 Å². The highest BCUT2D eigenvalue weighted by atomic mass is 79.9. The molecule has 0 aliphatic heterocycles. The zero-order valence-corrected chi connectivity index (χ0v) is 13.1. The molecule has 2 atom stereocenters. The van der Waals surface area contributed by atoms with E-state index in [0.717, 1.165) is 10.9 Å². The van der Waals surface area contributed by atoms with Crippen molar-refractivity contribution in [2.75, 3.05) is 0 Å². The summed E-state index contributed by atoms with van der Waals surface area (Å²) in [6.45, 7) is 0.466. The zero-order chi connectivity index (χ0) is 14.1. The number of rotatable bonds is 3. The van der Waals surface area contributed by atoms with Crippen molar-refractivity contribution < 1.29 is 4.39 Å². The van der Waals surface area contributed by atoms with Gasteiger partial charge in [0.1, 0.15) is 5.82 Å².